The average Bonchev–Trinajstić information content (AvgIpc) is 3.00. The van der Waals surface area contributed by atoms with E-state index in [1.165, 1.54) is 6.92 Å². The molecule has 2 aromatic rings. The number of hydrogen-bond acceptors (Lipinski definition) is 6. The van der Waals surface area contributed by atoms with Crippen LogP contribution in [0.2, 0.25) is 0 Å². The maximum Gasteiger partial charge on any atom is 0.247 e. The van der Waals surface area contributed by atoms with E-state index in [2.05, 4.69) is 9.88 Å². The highest BCUT2D eigenvalue weighted by Gasteiger charge is 2.33. The lowest BCUT2D eigenvalue weighted by atomic mass is 10.1. The Morgan fingerprint density at radius 3 is 2.42 bits per heavy atom. The molecule has 0 aliphatic carbocycles. The van der Waals surface area contributed by atoms with Crippen molar-refractivity contribution in [3.8, 4) is 0 Å². The Kier molecular flexibility index (Phi) is 5.40. The molecule has 0 unspecified atom stereocenters. The summed E-state index contributed by atoms with van der Waals surface area (Å²) in [6.45, 7) is 4.79. The molecule has 0 saturated carbocycles. The number of sulfonamides is 1. The van der Waals surface area contributed by atoms with E-state index in [9.17, 15) is 13.2 Å². The zero-order chi connectivity index (χ0) is 18.7. The first-order valence-electron chi connectivity index (χ1n) is 8.27. The lowest BCUT2D eigenvalue weighted by molar-refractivity contribution is -0.137. The van der Waals surface area contributed by atoms with Crippen LogP contribution in [-0.2, 0) is 19.6 Å². The predicted molar refractivity (Wildman–Crippen MR) is 92.9 cm³/mol. The third-order valence-electron chi connectivity index (χ3n) is 4.21. The van der Waals surface area contributed by atoms with Crippen LogP contribution in [0.25, 0.3) is 0 Å². The van der Waals surface area contributed by atoms with Crippen molar-refractivity contribution < 1.29 is 22.5 Å². The maximum absolute atomic E-state index is 13.0. The van der Waals surface area contributed by atoms with Crippen molar-refractivity contribution in [2.45, 2.75) is 24.8 Å². The van der Waals surface area contributed by atoms with E-state index >= 15 is 0 Å². The molecule has 1 aliphatic heterocycles. The Morgan fingerprint density at radius 2 is 1.85 bits per heavy atom. The molecule has 0 radical (unpaired) electrons. The Morgan fingerprint density at radius 1 is 1.19 bits per heavy atom. The molecule has 1 atom stereocenters. The highest BCUT2D eigenvalue weighted by atomic mass is 32.2. The van der Waals surface area contributed by atoms with Gasteiger partial charge in [-0.25, -0.2) is 8.42 Å². The minimum atomic E-state index is -3.99. The van der Waals surface area contributed by atoms with Gasteiger partial charge in [-0.05, 0) is 19.4 Å². The van der Waals surface area contributed by atoms with Gasteiger partial charge < -0.3 is 14.2 Å². The Labute approximate surface area is 152 Å². The second-order valence-corrected chi connectivity index (χ2v) is 7.71. The van der Waals surface area contributed by atoms with Crippen molar-refractivity contribution in [2.24, 2.45) is 0 Å². The molecule has 8 nitrogen and oxygen atoms in total. The van der Waals surface area contributed by atoms with Gasteiger partial charge in [-0.3, -0.25) is 4.79 Å². The average molecular weight is 379 g/mol. The van der Waals surface area contributed by atoms with Crippen LogP contribution in [0.15, 0.2) is 39.8 Å². The lowest BCUT2D eigenvalue weighted by Crippen LogP contribution is -2.47. The Bertz CT molecular complexity index is 854. The zero-order valence-electron chi connectivity index (χ0n) is 14.6. The number of aryl methyl sites for hydroxylation is 2. The van der Waals surface area contributed by atoms with Gasteiger partial charge in [0.1, 0.15) is 16.6 Å². The van der Waals surface area contributed by atoms with E-state index < -0.39 is 16.1 Å². The summed E-state index contributed by atoms with van der Waals surface area (Å²) in [5, 5.41) is 3.69. The van der Waals surface area contributed by atoms with Crippen molar-refractivity contribution in [3.63, 3.8) is 0 Å². The van der Waals surface area contributed by atoms with Gasteiger partial charge in [-0.1, -0.05) is 35.5 Å². The summed E-state index contributed by atoms with van der Waals surface area (Å²) >= 11 is 0. The second kappa shape index (κ2) is 7.56. The molecule has 9 heteroatoms. The van der Waals surface area contributed by atoms with Crippen LogP contribution in [0.3, 0.4) is 0 Å². The Hall–Kier alpha value is -2.23. The first kappa shape index (κ1) is 18.6. The van der Waals surface area contributed by atoms with Gasteiger partial charge in [0.25, 0.3) is 0 Å². The van der Waals surface area contributed by atoms with Crippen LogP contribution in [0.5, 0.6) is 0 Å². The highest BCUT2D eigenvalue weighted by molar-refractivity contribution is 7.89. The molecule has 1 aromatic heterocycles. The van der Waals surface area contributed by atoms with Crippen molar-refractivity contribution in [1.29, 1.82) is 0 Å². The largest absolute Gasteiger partial charge is 0.378 e. The Balaban J connectivity index is 1.95. The number of nitrogens with one attached hydrogen (secondary N) is 1. The number of hydrogen-bond donors (Lipinski definition) is 1. The number of carbonyl (C=O) groups is 1. The van der Waals surface area contributed by atoms with Crippen LogP contribution in [-0.4, -0.2) is 50.7 Å². The summed E-state index contributed by atoms with van der Waals surface area (Å²) in [6.07, 6.45) is 0. The van der Waals surface area contributed by atoms with Gasteiger partial charge in [-0.15, -0.1) is 0 Å². The van der Waals surface area contributed by atoms with E-state index in [1.54, 1.807) is 36.1 Å². The number of ether oxygens (including phenoxy) is 1. The molecule has 1 aromatic carbocycles. The van der Waals surface area contributed by atoms with Gasteiger partial charge >= 0.3 is 0 Å². The molecule has 1 fully saturated rings. The topological polar surface area (TPSA) is 102 Å². The van der Waals surface area contributed by atoms with Gasteiger partial charge in [0.2, 0.25) is 15.9 Å². The molecule has 2 heterocycles. The normalized spacial score (nSPS) is 16.5. The number of morpholine rings is 1. The number of carbonyl (C=O) groups excluding carboxylic acids is 1. The minimum absolute atomic E-state index is 0.0341. The van der Waals surface area contributed by atoms with Gasteiger partial charge in [0.15, 0.2) is 5.76 Å². The van der Waals surface area contributed by atoms with E-state index in [0.29, 0.717) is 31.9 Å². The molecule has 1 amide bonds. The molecule has 1 saturated heterocycles. The summed E-state index contributed by atoms with van der Waals surface area (Å²) in [4.78, 5) is 14.6. The van der Waals surface area contributed by atoms with Crippen molar-refractivity contribution in [2.75, 3.05) is 26.3 Å². The standard InChI is InChI=1S/C17H21N3O5S/c1-12-16(13(2)25-18-12)26(22,23)19-15(14-6-4-3-5-7-14)17(21)20-8-10-24-11-9-20/h3-7,15,19H,8-11H2,1-2H3/t15-/m0/s1. The molecule has 140 valence electrons. The SMILES string of the molecule is Cc1noc(C)c1S(=O)(=O)N[C@H](C(=O)N1CCOCC1)c1ccccc1. The van der Waals surface area contributed by atoms with Gasteiger partial charge in [0, 0.05) is 13.1 Å². The molecular formula is C17H21N3O5S. The first-order chi connectivity index (χ1) is 12.4. The highest BCUT2D eigenvalue weighted by Crippen LogP contribution is 2.24. The summed E-state index contributed by atoms with van der Waals surface area (Å²) in [6, 6.07) is 7.74. The number of benzene rings is 1. The van der Waals surface area contributed by atoms with E-state index in [0.717, 1.165) is 0 Å². The molecule has 1 aliphatic rings. The molecule has 3 rings (SSSR count). The minimum Gasteiger partial charge on any atom is -0.378 e. The second-order valence-electron chi connectivity index (χ2n) is 6.06. The number of nitrogens with zero attached hydrogens (tertiary/aromatic N) is 2. The van der Waals surface area contributed by atoms with Crippen LogP contribution in [0.4, 0.5) is 0 Å². The molecular weight excluding hydrogens is 358 g/mol. The molecule has 1 N–H and O–H groups in total. The fourth-order valence-electron chi connectivity index (χ4n) is 2.95. The summed E-state index contributed by atoms with van der Waals surface area (Å²) in [7, 11) is -3.99. The number of rotatable bonds is 5. The van der Waals surface area contributed by atoms with Gasteiger partial charge in [0.05, 0.1) is 13.2 Å². The third kappa shape index (κ3) is 3.79. The quantitative estimate of drug-likeness (QED) is 0.837. The van der Waals surface area contributed by atoms with Crippen molar-refractivity contribution in [3.05, 3.63) is 47.3 Å². The van der Waals surface area contributed by atoms with E-state index in [4.69, 9.17) is 9.26 Å². The van der Waals surface area contributed by atoms with Crippen molar-refractivity contribution >= 4 is 15.9 Å². The molecule has 26 heavy (non-hydrogen) atoms. The predicted octanol–water partition coefficient (Wildman–Crippen LogP) is 1.17. The number of aromatic nitrogens is 1. The van der Waals surface area contributed by atoms with Crippen LogP contribution in [0.1, 0.15) is 23.1 Å². The summed E-state index contributed by atoms with van der Waals surface area (Å²) in [5.41, 5.74) is 0.819. The first-order valence-corrected chi connectivity index (χ1v) is 9.75. The van der Waals surface area contributed by atoms with Crippen LogP contribution >= 0.6 is 0 Å². The van der Waals surface area contributed by atoms with Crippen LogP contribution < -0.4 is 4.72 Å². The summed E-state index contributed by atoms with van der Waals surface area (Å²) in [5.74, 6) is -0.129. The smallest absolute Gasteiger partial charge is 0.247 e. The molecule has 0 bridgehead atoms. The monoisotopic (exact) mass is 379 g/mol. The van der Waals surface area contributed by atoms with Crippen molar-refractivity contribution in [1.82, 2.24) is 14.8 Å². The lowest BCUT2D eigenvalue weighted by Gasteiger charge is -2.30. The zero-order valence-corrected chi connectivity index (χ0v) is 15.5. The van der Waals surface area contributed by atoms with E-state index in [1.807, 2.05) is 6.07 Å². The maximum atomic E-state index is 13.0. The van der Waals surface area contributed by atoms with E-state index in [-0.39, 0.29) is 22.3 Å². The summed E-state index contributed by atoms with van der Waals surface area (Å²) < 4.78 is 38.6. The fraction of sp³-hybridized carbons (Fsp3) is 0.412. The van der Waals surface area contributed by atoms with Gasteiger partial charge in [-0.2, -0.15) is 4.72 Å². The van der Waals surface area contributed by atoms with Crippen LogP contribution in [0, 0.1) is 13.8 Å². The third-order valence-corrected chi connectivity index (χ3v) is 5.88. The molecule has 0 spiro atoms. The number of amides is 1. The fourth-order valence-corrected chi connectivity index (χ4v) is 4.45.